The van der Waals surface area contributed by atoms with Crippen LogP contribution in [0.1, 0.15) is 19.4 Å². The SMILES string of the molecule is COC[C@H](NCc1cnc(N2CCN(C)CC2)nc1)C(C)C. The van der Waals surface area contributed by atoms with Crippen molar-refractivity contribution in [3.63, 3.8) is 0 Å². The second-order valence-corrected chi connectivity index (χ2v) is 6.37. The van der Waals surface area contributed by atoms with E-state index in [0.717, 1.165) is 50.8 Å². The molecule has 2 rings (SSSR count). The summed E-state index contributed by atoms with van der Waals surface area (Å²) in [5, 5.41) is 3.52. The lowest BCUT2D eigenvalue weighted by molar-refractivity contribution is 0.146. The number of likely N-dealkylation sites (N-methyl/N-ethyl adjacent to an activating group) is 1. The molecular formula is C16H29N5O. The fourth-order valence-electron chi connectivity index (χ4n) is 2.52. The monoisotopic (exact) mass is 307 g/mol. The van der Waals surface area contributed by atoms with E-state index in [2.05, 4.69) is 46.0 Å². The van der Waals surface area contributed by atoms with Crippen molar-refractivity contribution in [2.75, 3.05) is 51.8 Å². The van der Waals surface area contributed by atoms with Crippen molar-refractivity contribution < 1.29 is 4.74 Å². The molecule has 0 spiro atoms. The van der Waals surface area contributed by atoms with Crippen LogP contribution >= 0.6 is 0 Å². The molecule has 0 unspecified atom stereocenters. The molecule has 1 N–H and O–H groups in total. The maximum absolute atomic E-state index is 5.26. The van der Waals surface area contributed by atoms with E-state index >= 15 is 0 Å². The molecule has 6 heteroatoms. The van der Waals surface area contributed by atoms with Crippen molar-refractivity contribution in [2.24, 2.45) is 5.92 Å². The Morgan fingerprint density at radius 1 is 1.18 bits per heavy atom. The van der Waals surface area contributed by atoms with Gasteiger partial charge >= 0.3 is 0 Å². The lowest BCUT2D eigenvalue weighted by Gasteiger charge is -2.32. The van der Waals surface area contributed by atoms with E-state index in [0.29, 0.717) is 12.0 Å². The first-order valence-corrected chi connectivity index (χ1v) is 8.07. The van der Waals surface area contributed by atoms with Gasteiger partial charge in [-0.3, -0.25) is 0 Å². The highest BCUT2D eigenvalue weighted by atomic mass is 16.5. The molecular weight excluding hydrogens is 278 g/mol. The quantitative estimate of drug-likeness (QED) is 0.811. The van der Waals surface area contributed by atoms with Crippen LogP contribution in [-0.4, -0.2) is 67.9 Å². The largest absolute Gasteiger partial charge is 0.383 e. The summed E-state index contributed by atoms with van der Waals surface area (Å²) in [7, 11) is 3.89. The second-order valence-electron chi connectivity index (χ2n) is 6.37. The van der Waals surface area contributed by atoms with Crippen LogP contribution in [0.4, 0.5) is 5.95 Å². The number of nitrogens with one attached hydrogen (secondary N) is 1. The van der Waals surface area contributed by atoms with E-state index in [4.69, 9.17) is 4.74 Å². The van der Waals surface area contributed by atoms with Gasteiger partial charge in [0.15, 0.2) is 0 Å². The molecule has 6 nitrogen and oxygen atoms in total. The molecule has 0 amide bonds. The Labute approximate surface area is 133 Å². The minimum Gasteiger partial charge on any atom is -0.383 e. The van der Waals surface area contributed by atoms with Crippen molar-refractivity contribution in [3.05, 3.63) is 18.0 Å². The van der Waals surface area contributed by atoms with Crippen LogP contribution in [0.15, 0.2) is 12.4 Å². The van der Waals surface area contributed by atoms with E-state index < -0.39 is 0 Å². The zero-order valence-electron chi connectivity index (χ0n) is 14.2. The van der Waals surface area contributed by atoms with Gasteiger partial charge in [-0.05, 0) is 13.0 Å². The molecule has 0 aliphatic carbocycles. The maximum atomic E-state index is 5.26. The fraction of sp³-hybridized carbons (Fsp3) is 0.750. The summed E-state index contributed by atoms with van der Waals surface area (Å²) in [6, 6.07) is 0.349. The predicted molar refractivity (Wildman–Crippen MR) is 89.1 cm³/mol. The average molecular weight is 307 g/mol. The summed E-state index contributed by atoms with van der Waals surface area (Å²) >= 11 is 0. The maximum Gasteiger partial charge on any atom is 0.225 e. The topological polar surface area (TPSA) is 53.5 Å². The van der Waals surface area contributed by atoms with Crippen LogP contribution < -0.4 is 10.2 Å². The number of hydrogen-bond acceptors (Lipinski definition) is 6. The number of nitrogens with zero attached hydrogens (tertiary/aromatic N) is 4. The zero-order valence-corrected chi connectivity index (χ0v) is 14.2. The van der Waals surface area contributed by atoms with E-state index in [9.17, 15) is 0 Å². The predicted octanol–water partition coefficient (Wildman–Crippen LogP) is 0.989. The van der Waals surface area contributed by atoms with Crippen LogP contribution in [0.25, 0.3) is 0 Å². The summed E-state index contributed by atoms with van der Waals surface area (Å²) in [6.45, 7) is 10.0. The molecule has 1 aromatic rings. The second kappa shape index (κ2) is 8.41. The minimum absolute atomic E-state index is 0.349. The summed E-state index contributed by atoms with van der Waals surface area (Å²) in [6.07, 6.45) is 3.86. The van der Waals surface area contributed by atoms with Gasteiger partial charge in [0.1, 0.15) is 0 Å². The molecule has 1 atom stereocenters. The zero-order chi connectivity index (χ0) is 15.9. The van der Waals surface area contributed by atoms with E-state index in [-0.39, 0.29) is 0 Å². The number of rotatable bonds is 7. The lowest BCUT2D eigenvalue weighted by Crippen LogP contribution is -2.45. The van der Waals surface area contributed by atoms with E-state index in [1.165, 1.54) is 0 Å². The average Bonchev–Trinajstić information content (AvgIpc) is 2.52. The Hall–Kier alpha value is -1.24. The minimum atomic E-state index is 0.349. The van der Waals surface area contributed by atoms with Gasteiger partial charge < -0.3 is 19.9 Å². The molecule has 0 aromatic carbocycles. The molecule has 0 saturated carbocycles. The third kappa shape index (κ3) is 4.90. The first kappa shape index (κ1) is 17.1. The molecule has 1 fully saturated rings. The Morgan fingerprint density at radius 3 is 2.36 bits per heavy atom. The van der Waals surface area contributed by atoms with Gasteiger partial charge in [-0.25, -0.2) is 9.97 Å². The standard InChI is InChI=1S/C16H29N5O/c1-13(2)15(12-22-4)17-9-14-10-18-16(19-11-14)21-7-5-20(3)6-8-21/h10-11,13,15,17H,5-9,12H2,1-4H3/t15-/m0/s1. The first-order chi connectivity index (χ1) is 10.6. The molecule has 1 aliphatic heterocycles. The van der Waals surface area contributed by atoms with Gasteiger partial charge in [0.2, 0.25) is 5.95 Å². The number of piperazine rings is 1. The number of aromatic nitrogens is 2. The van der Waals surface area contributed by atoms with Crippen LogP contribution in [-0.2, 0) is 11.3 Å². The van der Waals surface area contributed by atoms with Crippen LogP contribution in [0.5, 0.6) is 0 Å². The number of hydrogen-bond donors (Lipinski definition) is 1. The Morgan fingerprint density at radius 2 is 1.82 bits per heavy atom. The summed E-state index contributed by atoms with van der Waals surface area (Å²) < 4.78 is 5.26. The van der Waals surface area contributed by atoms with E-state index in [1.54, 1.807) is 7.11 Å². The first-order valence-electron chi connectivity index (χ1n) is 8.07. The Balaban J connectivity index is 1.86. The van der Waals surface area contributed by atoms with Crippen molar-refractivity contribution in [1.82, 2.24) is 20.2 Å². The normalized spacial score (nSPS) is 18.0. The van der Waals surface area contributed by atoms with Crippen molar-refractivity contribution in [3.8, 4) is 0 Å². The van der Waals surface area contributed by atoms with E-state index in [1.807, 2.05) is 12.4 Å². The van der Waals surface area contributed by atoms with Gasteiger partial charge in [-0.15, -0.1) is 0 Å². The molecule has 1 aromatic heterocycles. The third-order valence-corrected chi connectivity index (χ3v) is 4.20. The molecule has 124 valence electrons. The van der Waals surface area contributed by atoms with Crippen LogP contribution in [0.2, 0.25) is 0 Å². The van der Waals surface area contributed by atoms with Crippen molar-refractivity contribution >= 4 is 5.95 Å². The Kier molecular flexibility index (Phi) is 6.54. The molecule has 1 aliphatic rings. The van der Waals surface area contributed by atoms with Crippen LogP contribution in [0.3, 0.4) is 0 Å². The molecule has 0 bridgehead atoms. The van der Waals surface area contributed by atoms with Gasteiger partial charge in [0, 0.05) is 63.8 Å². The molecule has 1 saturated heterocycles. The van der Waals surface area contributed by atoms with Gasteiger partial charge in [0.25, 0.3) is 0 Å². The third-order valence-electron chi connectivity index (χ3n) is 4.20. The number of methoxy groups -OCH3 is 1. The Bertz CT molecular complexity index is 429. The molecule has 22 heavy (non-hydrogen) atoms. The van der Waals surface area contributed by atoms with Gasteiger partial charge in [-0.1, -0.05) is 13.8 Å². The number of ether oxygens (including phenoxy) is 1. The fourth-order valence-corrected chi connectivity index (χ4v) is 2.52. The highest BCUT2D eigenvalue weighted by Gasteiger charge is 2.16. The van der Waals surface area contributed by atoms with Gasteiger partial charge in [0.05, 0.1) is 6.61 Å². The summed E-state index contributed by atoms with van der Waals surface area (Å²) in [5.74, 6) is 1.37. The molecule has 2 heterocycles. The summed E-state index contributed by atoms with van der Waals surface area (Å²) in [5.41, 5.74) is 1.11. The van der Waals surface area contributed by atoms with Gasteiger partial charge in [-0.2, -0.15) is 0 Å². The van der Waals surface area contributed by atoms with Crippen molar-refractivity contribution in [1.29, 1.82) is 0 Å². The highest BCUT2D eigenvalue weighted by Crippen LogP contribution is 2.10. The van der Waals surface area contributed by atoms with Crippen LogP contribution in [0, 0.1) is 5.92 Å². The lowest BCUT2D eigenvalue weighted by atomic mass is 10.1. The van der Waals surface area contributed by atoms with Crippen molar-refractivity contribution in [2.45, 2.75) is 26.4 Å². The highest BCUT2D eigenvalue weighted by molar-refractivity contribution is 5.30. The summed E-state index contributed by atoms with van der Waals surface area (Å²) in [4.78, 5) is 13.6. The smallest absolute Gasteiger partial charge is 0.225 e. The number of anilines is 1. The molecule has 0 radical (unpaired) electrons.